The van der Waals surface area contributed by atoms with E-state index in [1.165, 1.54) is 11.0 Å². The first-order chi connectivity index (χ1) is 18.8. The number of halogens is 3. The molecule has 0 saturated carbocycles. The van der Waals surface area contributed by atoms with E-state index in [1.54, 1.807) is 37.3 Å². The van der Waals surface area contributed by atoms with E-state index < -0.39 is 28.5 Å². The summed E-state index contributed by atoms with van der Waals surface area (Å²) in [5, 5.41) is 3.89. The third kappa shape index (κ3) is 8.36. The number of rotatable bonds is 11. The molecule has 0 bridgehead atoms. The SMILES string of the molecule is Cc1ccc(N(CC(=O)N(Cc2c(Cl)cccc2Cl)[C@@H](Cc2ccccc2)C(=O)NC(C)C)S(C)(=O)=O)cc1Cl. The molecule has 0 aliphatic carbocycles. The van der Waals surface area contributed by atoms with E-state index in [0.29, 0.717) is 20.6 Å². The Morgan fingerprint density at radius 2 is 1.52 bits per heavy atom. The molecule has 0 aliphatic rings. The Bertz CT molecular complexity index is 1450. The van der Waals surface area contributed by atoms with Crippen LogP contribution in [-0.2, 0) is 32.6 Å². The normalized spacial score (nSPS) is 12.2. The van der Waals surface area contributed by atoms with Crippen LogP contribution in [0.4, 0.5) is 5.69 Å². The van der Waals surface area contributed by atoms with Gasteiger partial charge in [-0.15, -0.1) is 0 Å². The molecule has 0 spiro atoms. The van der Waals surface area contributed by atoms with E-state index in [4.69, 9.17) is 34.8 Å². The lowest BCUT2D eigenvalue weighted by atomic mass is 10.0. The molecule has 0 saturated heterocycles. The van der Waals surface area contributed by atoms with Crippen LogP contribution in [0.1, 0.15) is 30.5 Å². The zero-order valence-electron chi connectivity index (χ0n) is 22.7. The molecule has 0 heterocycles. The van der Waals surface area contributed by atoms with Gasteiger partial charge < -0.3 is 10.2 Å². The molecule has 1 N–H and O–H groups in total. The van der Waals surface area contributed by atoms with E-state index in [9.17, 15) is 18.0 Å². The van der Waals surface area contributed by atoms with Crippen LogP contribution in [0.5, 0.6) is 0 Å². The minimum absolute atomic E-state index is 0.118. The van der Waals surface area contributed by atoms with Crippen molar-refractivity contribution in [3.8, 4) is 0 Å². The first-order valence-electron chi connectivity index (χ1n) is 12.6. The molecular weight excluding hydrogens is 593 g/mol. The van der Waals surface area contributed by atoms with Gasteiger partial charge in [0, 0.05) is 39.6 Å². The van der Waals surface area contributed by atoms with Crippen LogP contribution >= 0.6 is 34.8 Å². The Kier molecular flexibility index (Phi) is 10.9. The average molecular weight is 625 g/mol. The Balaban J connectivity index is 2.11. The lowest BCUT2D eigenvalue weighted by Crippen LogP contribution is -2.54. The maximum Gasteiger partial charge on any atom is 0.244 e. The number of carbonyl (C=O) groups is 2. The minimum Gasteiger partial charge on any atom is -0.352 e. The summed E-state index contributed by atoms with van der Waals surface area (Å²) >= 11 is 19.2. The predicted molar refractivity (Wildman–Crippen MR) is 163 cm³/mol. The van der Waals surface area contributed by atoms with Crippen LogP contribution in [0.2, 0.25) is 15.1 Å². The average Bonchev–Trinajstić information content (AvgIpc) is 2.87. The van der Waals surface area contributed by atoms with Gasteiger partial charge in [0.05, 0.1) is 11.9 Å². The number of amides is 2. The zero-order valence-corrected chi connectivity index (χ0v) is 25.8. The van der Waals surface area contributed by atoms with Crippen molar-refractivity contribution in [1.29, 1.82) is 0 Å². The second-order valence-electron chi connectivity index (χ2n) is 9.79. The molecule has 0 fully saturated rings. The van der Waals surface area contributed by atoms with Gasteiger partial charge in [-0.1, -0.05) is 77.3 Å². The highest BCUT2D eigenvalue weighted by atomic mass is 35.5. The van der Waals surface area contributed by atoms with E-state index in [2.05, 4.69) is 5.32 Å². The lowest BCUT2D eigenvalue weighted by Gasteiger charge is -2.34. The van der Waals surface area contributed by atoms with E-state index in [0.717, 1.165) is 21.7 Å². The van der Waals surface area contributed by atoms with Crippen molar-refractivity contribution >= 4 is 62.3 Å². The highest BCUT2D eigenvalue weighted by Crippen LogP contribution is 2.29. The Morgan fingerprint density at radius 3 is 2.08 bits per heavy atom. The molecule has 11 heteroatoms. The molecule has 1 atom stereocenters. The molecule has 0 aliphatic heterocycles. The second-order valence-corrected chi connectivity index (χ2v) is 12.9. The summed E-state index contributed by atoms with van der Waals surface area (Å²) in [5.41, 5.74) is 2.25. The summed E-state index contributed by atoms with van der Waals surface area (Å²) in [6, 6.07) is 17.8. The van der Waals surface area contributed by atoms with Crippen LogP contribution < -0.4 is 9.62 Å². The third-order valence-electron chi connectivity index (χ3n) is 6.21. The van der Waals surface area contributed by atoms with E-state index in [-0.39, 0.29) is 30.6 Å². The van der Waals surface area contributed by atoms with Crippen LogP contribution in [-0.4, -0.2) is 50.0 Å². The van der Waals surface area contributed by atoms with E-state index >= 15 is 0 Å². The van der Waals surface area contributed by atoms with Crippen LogP contribution in [0.15, 0.2) is 66.7 Å². The van der Waals surface area contributed by atoms with E-state index in [1.807, 2.05) is 44.2 Å². The summed E-state index contributed by atoms with van der Waals surface area (Å²) in [7, 11) is -3.91. The fourth-order valence-corrected chi connectivity index (χ4v) is 5.67. The fourth-order valence-electron chi connectivity index (χ4n) is 4.14. The highest BCUT2D eigenvalue weighted by molar-refractivity contribution is 7.92. The number of carbonyl (C=O) groups excluding carboxylic acids is 2. The molecule has 3 aromatic carbocycles. The van der Waals surface area contributed by atoms with Crippen molar-refractivity contribution in [3.05, 3.63) is 98.5 Å². The second kappa shape index (κ2) is 13.7. The Morgan fingerprint density at radius 1 is 0.900 bits per heavy atom. The van der Waals surface area contributed by atoms with Gasteiger partial charge in [-0.2, -0.15) is 0 Å². The molecule has 3 aromatic rings. The maximum absolute atomic E-state index is 14.1. The number of benzene rings is 3. The van der Waals surface area contributed by atoms with Gasteiger partial charge in [-0.05, 0) is 56.2 Å². The number of nitrogens with one attached hydrogen (secondary N) is 1. The van der Waals surface area contributed by atoms with Gasteiger partial charge in [0.2, 0.25) is 21.8 Å². The van der Waals surface area contributed by atoms with Crippen molar-refractivity contribution < 1.29 is 18.0 Å². The van der Waals surface area contributed by atoms with Crippen molar-refractivity contribution in [3.63, 3.8) is 0 Å². The standard InChI is InChI=1S/C29H32Cl3N3O4S/c1-19(2)33-29(37)27(15-21-9-6-5-7-10-21)34(17-23-24(30)11-8-12-25(23)31)28(36)18-35(40(4,38)39)22-14-13-20(3)26(32)16-22/h5-14,16,19,27H,15,17-18H2,1-4H3,(H,33,37)/t27-/m0/s1. The molecule has 2 amide bonds. The van der Waals surface area contributed by atoms with Crippen LogP contribution in [0.25, 0.3) is 0 Å². The number of hydrogen-bond donors (Lipinski definition) is 1. The number of sulfonamides is 1. The fraction of sp³-hybridized carbons (Fsp3) is 0.310. The minimum atomic E-state index is -3.91. The molecule has 3 rings (SSSR count). The van der Waals surface area contributed by atoms with Crippen molar-refractivity contribution in [1.82, 2.24) is 10.2 Å². The number of anilines is 1. The van der Waals surface area contributed by atoms with Gasteiger partial charge >= 0.3 is 0 Å². The first kappa shape index (κ1) is 31.7. The number of aryl methyl sites for hydroxylation is 1. The number of hydrogen-bond acceptors (Lipinski definition) is 4. The topological polar surface area (TPSA) is 86.8 Å². The Labute approximate surface area is 251 Å². The molecule has 0 aromatic heterocycles. The van der Waals surface area contributed by atoms with Gasteiger partial charge in [-0.3, -0.25) is 13.9 Å². The monoisotopic (exact) mass is 623 g/mol. The van der Waals surface area contributed by atoms with Gasteiger partial charge in [0.1, 0.15) is 12.6 Å². The summed E-state index contributed by atoms with van der Waals surface area (Å²) in [5.74, 6) is -1.00. The molecule has 7 nitrogen and oxygen atoms in total. The molecule has 214 valence electrons. The highest BCUT2D eigenvalue weighted by Gasteiger charge is 2.34. The Hall–Kier alpha value is -2.78. The quantitative estimate of drug-likeness (QED) is 0.289. The van der Waals surface area contributed by atoms with Gasteiger partial charge in [0.25, 0.3) is 0 Å². The van der Waals surface area contributed by atoms with Crippen molar-refractivity contribution in [2.24, 2.45) is 0 Å². The summed E-state index contributed by atoms with van der Waals surface area (Å²) < 4.78 is 26.7. The lowest BCUT2D eigenvalue weighted by molar-refractivity contribution is -0.140. The third-order valence-corrected chi connectivity index (χ3v) is 8.47. The maximum atomic E-state index is 14.1. The van der Waals surface area contributed by atoms with Crippen molar-refractivity contribution in [2.45, 2.75) is 45.8 Å². The van der Waals surface area contributed by atoms with Gasteiger partial charge in [-0.25, -0.2) is 8.42 Å². The molecular formula is C29H32Cl3N3O4S. The van der Waals surface area contributed by atoms with Gasteiger partial charge in [0.15, 0.2) is 0 Å². The molecule has 40 heavy (non-hydrogen) atoms. The largest absolute Gasteiger partial charge is 0.352 e. The smallest absolute Gasteiger partial charge is 0.244 e. The summed E-state index contributed by atoms with van der Waals surface area (Å²) in [4.78, 5) is 29.0. The van der Waals surface area contributed by atoms with Crippen LogP contribution in [0.3, 0.4) is 0 Å². The zero-order chi connectivity index (χ0) is 29.6. The predicted octanol–water partition coefficient (Wildman–Crippen LogP) is 5.89. The van der Waals surface area contributed by atoms with Crippen LogP contribution in [0, 0.1) is 6.92 Å². The molecule has 0 radical (unpaired) electrons. The molecule has 0 unspecified atom stereocenters. The number of nitrogens with zero attached hydrogens (tertiary/aromatic N) is 2. The summed E-state index contributed by atoms with van der Waals surface area (Å²) in [6.45, 7) is 4.74. The summed E-state index contributed by atoms with van der Waals surface area (Å²) in [6.07, 6.45) is 1.19. The van der Waals surface area contributed by atoms with Crippen molar-refractivity contribution in [2.75, 3.05) is 17.1 Å². The first-order valence-corrected chi connectivity index (χ1v) is 15.6.